The average molecular weight is 349 g/mol. The van der Waals surface area contributed by atoms with Crippen LogP contribution in [0.15, 0.2) is 30.3 Å². The van der Waals surface area contributed by atoms with Crippen LogP contribution >= 0.6 is 0 Å². The van der Waals surface area contributed by atoms with E-state index in [9.17, 15) is 14.7 Å². The fourth-order valence-corrected chi connectivity index (χ4v) is 3.46. The number of amides is 2. The largest absolute Gasteiger partial charge is 0.419 e. The van der Waals surface area contributed by atoms with Gasteiger partial charge in [-0.2, -0.15) is 0 Å². The van der Waals surface area contributed by atoms with Gasteiger partial charge in [-0.05, 0) is 26.0 Å². The summed E-state index contributed by atoms with van der Waals surface area (Å²) in [7, 11) is 0. The number of hydrogen-bond donors (Lipinski definition) is 1. The highest BCUT2D eigenvalue weighted by atomic mass is 16.8. The van der Waals surface area contributed by atoms with Gasteiger partial charge in [-0.25, -0.2) is 9.69 Å². The predicted octanol–water partition coefficient (Wildman–Crippen LogP) is 0.886. The van der Waals surface area contributed by atoms with E-state index in [0.717, 1.165) is 4.90 Å². The van der Waals surface area contributed by atoms with Crippen molar-refractivity contribution in [3.63, 3.8) is 0 Å². The maximum absolute atomic E-state index is 12.6. The summed E-state index contributed by atoms with van der Waals surface area (Å²) in [6.07, 6.45) is -3.30. The van der Waals surface area contributed by atoms with E-state index in [2.05, 4.69) is 0 Å². The third kappa shape index (κ3) is 2.62. The number of hydrogen-bond acceptors (Lipinski definition) is 7. The van der Waals surface area contributed by atoms with E-state index in [1.54, 1.807) is 44.2 Å². The van der Waals surface area contributed by atoms with Crippen molar-refractivity contribution in [1.82, 2.24) is 4.90 Å². The van der Waals surface area contributed by atoms with E-state index >= 15 is 0 Å². The molecule has 8 nitrogen and oxygen atoms in total. The Labute approximate surface area is 144 Å². The summed E-state index contributed by atoms with van der Waals surface area (Å²) >= 11 is 0. The number of aliphatic hydroxyl groups is 1. The molecule has 134 valence electrons. The first-order valence-electron chi connectivity index (χ1n) is 8.09. The molecule has 2 amide bonds. The van der Waals surface area contributed by atoms with Gasteiger partial charge in [0, 0.05) is 5.56 Å². The molecule has 3 aliphatic rings. The van der Waals surface area contributed by atoms with Crippen LogP contribution in [0.25, 0.3) is 0 Å². The molecule has 3 aliphatic heterocycles. The van der Waals surface area contributed by atoms with Crippen molar-refractivity contribution >= 4 is 12.0 Å². The van der Waals surface area contributed by atoms with Crippen LogP contribution in [0, 0.1) is 0 Å². The molecule has 0 bridgehead atoms. The second-order valence-corrected chi connectivity index (χ2v) is 6.83. The summed E-state index contributed by atoms with van der Waals surface area (Å²) in [5.41, 5.74) is 0.348. The number of carbonyl (C=O) groups excluding carboxylic acids is 2. The molecule has 4 atom stereocenters. The summed E-state index contributed by atoms with van der Waals surface area (Å²) in [5, 5.41) is 10.7. The molecule has 0 aliphatic carbocycles. The topological polar surface area (TPSA) is 94.5 Å². The van der Waals surface area contributed by atoms with Crippen molar-refractivity contribution in [1.29, 1.82) is 0 Å². The van der Waals surface area contributed by atoms with Gasteiger partial charge in [0.25, 0.3) is 11.7 Å². The molecular formula is C17H19NO7. The van der Waals surface area contributed by atoms with E-state index < -0.39 is 41.9 Å². The lowest BCUT2D eigenvalue weighted by atomic mass is 9.97. The normalized spacial score (nSPS) is 36.4. The Morgan fingerprint density at radius 1 is 1.24 bits per heavy atom. The second-order valence-electron chi connectivity index (χ2n) is 6.83. The molecule has 1 spiro atoms. The lowest BCUT2D eigenvalue weighted by Gasteiger charge is -2.40. The van der Waals surface area contributed by atoms with E-state index in [1.807, 2.05) is 0 Å². The van der Waals surface area contributed by atoms with Gasteiger partial charge in [0.1, 0.15) is 18.8 Å². The summed E-state index contributed by atoms with van der Waals surface area (Å²) in [6.45, 7) is 3.34. The minimum absolute atomic E-state index is 0.0891. The van der Waals surface area contributed by atoms with Crippen LogP contribution in [-0.4, -0.2) is 65.0 Å². The highest BCUT2D eigenvalue weighted by Crippen LogP contribution is 2.41. The zero-order valence-electron chi connectivity index (χ0n) is 13.9. The summed E-state index contributed by atoms with van der Waals surface area (Å²) in [6, 6.07) is 8.38. The molecule has 1 aromatic rings. The first-order chi connectivity index (χ1) is 11.8. The van der Waals surface area contributed by atoms with Gasteiger partial charge in [0.05, 0.1) is 6.61 Å². The average Bonchev–Trinajstić information content (AvgIpc) is 3.09. The standard InChI is InChI=1S/C17H19NO7/c1-16(2)23-11-8-22-17(13(19)12(11)24-16)9-18(15(21)25-17)14(20)10-6-4-3-5-7-10/h3-7,11-13,19H,8-9H2,1-2H3/t11-,12-,13+,17+/m1/s1. The molecule has 1 aromatic carbocycles. The Morgan fingerprint density at radius 3 is 2.68 bits per heavy atom. The molecular weight excluding hydrogens is 330 g/mol. The number of carbonyl (C=O) groups is 2. The molecule has 25 heavy (non-hydrogen) atoms. The third-order valence-electron chi connectivity index (χ3n) is 4.60. The summed E-state index contributed by atoms with van der Waals surface area (Å²) in [5.74, 6) is -3.02. The summed E-state index contributed by atoms with van der Waals surface area (Å²) in [4.78, 5) is 25.7. The highest BCUT2D eigenvalue weighted by molar-refractivity contribution is 6.03. The van der Waals surface area contributed by atoms with Gasteiger partial charge in [0.2, 0.25) is 0 Å². The number of fused-ring (bicyclic) bond motifs is 1. The Kier molecular flexibility index (Phi) is 3.62. The van der Waals surface area contributed by atoms with Crippen molar-refractivity contribution in [3.8, 4) is 0 Å². The third-order valence-corrected chi connectivity index (χ3v) is 4.60. The van der Waals surface area contributed by atoms with Gasteiger partial charge in [-0.3, -0.25) is 4.79 Å². The molecule has 3 saturated heterocycles. The van der Waals surface area contributed by atoms with Crippen LogP contribution in [-0.2, 0) is 18.9 Å². The van der Waals surface area contributed by atoms with Gasteiger partial charge < -0.3 is 24.1 Å². The minimum Gasteiger partial charge on any atom is -0.411 e. The van der Waals surface area contributed by atoms with Crippen molar-refractivity contribution in [2.24, 2.45) is 0 Å². The Hall–Kier alpha value is -2.00. The predicted molar refractivity (Wildman–Crippen MR) is 82.5 cm³/mol. The van der Waals surface area contributed by atoms with Crippen LogP contribution < -0.4 is 0 Å². The number of rotatable bonds is 1. The van der Waals surface area contributed by atoms with Gasteiger partial charge in [-0.1, -0.05) is 18.2 Å². The van der Waals surface area contributed by atoms with Crippen molar-refractivity contribution < 1.29 is 33.6 Å². The molecule has 3 fully saturated rings. The molecule has 3 heterocycles. The van der Waals surface area contributed by atoms with Gasteiger partial charge in [0.15, 0.2) is 11.9 Å². The Morgan fingerprint density at radius 2 is 1.96 bits per heavy atom. The lowest BCUT2D eigenvalue weighted by molar-refractivity contribution is -0.287. The second kappa shape index (κ2) is 5.50. The SMILES string of the molecule is CC1(C)O[C@@H]2[C@@H](CO[C@]3(CN(C(=O)c4ccccc4)C(=O)O3)[C@H]2O)O1. The van der Waals surface area contributed by atoms with Crippen molar-refractivity contribution in [2.75, 3.05) is 13.2 Å². The molecule has 0 unspecified atom stereocenters. The fraction of sp³-hybridized carbons (Fsp3) is 0.529. The zero-order valence-corrected chi connectivity index (χ0v) is 13.9. The van der Waals surface area contributed by atoms with Crippen molar-refractivity contribution in [3.05, 3.63) is 35.9 Å². The quantitative estimate of drug-likeness (QED) is 0.804. The minimum atomic E-state index is -1.65. The smallest absolute Gasteiger partial charge is 0.411 e. The van der Waals surface area contributed by atoms with Crippen molar-refractivity contribution in [2.45, 2.75) is 43.7 Å². The lowest BCUT2D eigenvalue weighted by Crippen LogP contribution is -2.62. The van der Waals surface area contributed by atoms with E-state index in [4.69, 9.17) is 18.9 Å². The first kappa shape index (κ1) is 16.5. The number of imide groups is 1. The Balaban J connectivity index is 1.56. The molecule has 1 N–H and O–H groups in total. The van der Waals surface area contributed by atoms with Crippen LogP contribution in [0.3, 0.4) is 0 Å². The highest BCUT2D eigenvalue weighted by Gasteiger charge is 2.63. The molecule has 0 aromatic heterocycles. The molecule has 8 heteroatoms. The molecule has 0 saturated carbocycles. The zero-order chi connectivity index (χ0) is 17.8. The van der Waals surface area contributed by atoms with Gasteiger partial charge >= 0.3 is 6.09 Å². The van der Waals surface area contributed by atoms with Crippen LogP contribution in [0.4, 0.5) is 4.79 Å². The van der Waals surface area contributed by atoms with Crippen LogP contribution in [0.5, 0.6) is 0 Å². The maximum atomic E-state index is 12.6. The number of nitrogens with zero attached hydrogens (tertiary/aromatic N) is 1. The van der Waals surface area contributed by atoms with E-state index in [-0.39, 0.29) is 13.2 Å². The maximum Gasteiger partial charge on any atom is 0.419 e. The Bertz CT molecular complexity index is 706. The van der Waals surface area contributed by atoms with Gasteiger partial charge in [-0.15, -0.1) is 0 Å². The fourth-order valence-electron chi connectivity index (χ4n) is 3.46. The van der Waals surface area contributed by atoms with E-state index in [1.165, 1.54) is 0 Å². The number of ether oxygens (including phenoxy) is 4. The molecule has 4 rings (SSSR count). The van der Waals surface area contributed by atoms with E-state index in [0.29, 0.717) is 5.56 Å². The van der Waals surface area contributed by atoms with Crippen LogP contribution in [0.1, 0.15) is 24.2 Å². The monoisotopic (exact) mass is 349 g/mol. The number of aliphatic hydroxyl groups excluding tert-OH is 1. The summed E-state index contributed by atoms with van der Waals surface area (Å²) < 4.78 is 22.3. The van der Waals surface area contributed by atoms with Crippen LogP contribution in [0.2, 0.25) is 0 Å². The molecule has 0 radical (unpaired) electrons. The first-order valence-corrected chi connectivity index (χ1v) is 8.09. The number of benzene rings is 1.